The summed E-state index contributed by atoms with van der Waals surface area (Å²) in [5.41, 5.74) is 5.63. The van der Waals surface area contributed by atoms with E-state index in [0.717, 1.165) is 23.3 Å². The normalized spacial score (nSPS) is 12.8. The Morgan fingerprint density at radius 1 is 1.15 bits per heavy atom. The topological polar surface area (TPSA) is 26.3 Å². The largest absolute Gasteiger partial charge is 0.497 e. The Balaban J connectivity index is 1.94. The van der Waals surface area contributed by atoms with E-state index in [0.29, 0.717) is 0 Å². The summed E-state index contributed by atoms with van der Waals surface area (Å²) in [6.07, 6.45) is 3.07. The molecule has 0 spiro atoms. The van der Waals surface area contributed by atoms with Crippen molar-refractivity contribution in [3.8, 4) is 5.75 Å². The Labute approximate surface area is 118 Å². The number of rotatable bonds is 3. The summed E-state index contributed by atoms with van der Waals surface area (Å²) in [4.78, 5) is 11.5. The standard InChI is InChI=1S/C18H16O2/c1-12(19)13-4-3-5-14(8-13)16-9-15-6-7-18(20-2)11-17(15)10-16/h3-9,11H,10H2,1-2H3. The van der Waals surface area contributed by atoms with E-state index in [9.17, 15) is 4.79 Å². The van der Waals surface area contributed by atoms with Gasteiger partial charge in [-0.15, -0.1) is 0 Å². The fraction of sp³-hybridized carbons (Fsp3) is 0.167. The molecule has 0 heterocycles. The van der Waals surface area contributed by atoms with Crippen molar-refractivity contribution in [1.82, 2.24) is 0 Å². The highest BCUT2D eigenvalue weighted by molar-refractivity contribution is 5.96. The summed E-state index contributed by atoms with van der Waals surface area (Å²) in [6, 6.07) is 14.0. The first-order chi connectivity index (χ1) is 9.67. The molecular formula is C18H16O2. The molecule has 1 aliphatic rings. The number of allylic oxidation sites excluding steroid dienone is 1. The number of hydrogen-bond acceptors (Lipinski definition) is 2. The van der Waals surface area contributed by atoms with Gasteiger partial charge < -0.3 is 4.74 Å². The van der Waals surface area contributed by atoms with Gasteiger partial charge in [0.2, 0.25) is 0 Å². The van der Waals surface area contributed by atoms with Crippen LogP contribution in [0.5, 0.6) is 5.75 Å². The van der Waals surface area contributed by atoms with Crippen molar-refractivity contribution in [3.63, 3.8) is 0 Å². The molecule has 2 nitrogen and oxygen atoms in total. The maximum atomic E-state index is 11.5. The molecule has 1 aliphatic carbocycles. The van der Waals surface area contributed by atoms with Crippen molar-refractivity contribution >= 4 is 17.4 Å². The van der Waals surface area contributed by atoms with Crippen LogP contribution < -0.4 is 4.74 Å². The van der Waals surface area contributed by atoms with Crippen molar-refractivity contribution in [2.24, 2.45) is 0 Å². The van der Waals surface area contributed by atoms with Gasteiger partial charge in [0.15, 0.2) is 5.78 Å². The van der Waals surface area contributed by atoms with Crippen LogP contribution in [-0.4, -0.2) is 12.9 Å². The Kier molecular flexibility index (Phi) is 3.15. The zero-order valence-corrected chi connectivity index (χ0v) is 11.6. The molecule has 0 saturated heterocycles. The highest BCUT2D eigenvalue weighted by Gasteiger charge is 2.15. The monoisotopic (exact) mass is 264 g/mol. The van der Waals surface area contributed by atoms with E-state index in [1.165, 1.54) is 16.7 Å². The van der Waals surface area contributed by atoms with Crippen LogP contribution in [0.1, 0.15) is 34.0 Å². The molecular weight excluding hydrogens is 248 g/mol. The first kappa shape index (κ1) is 12.7. The van der Waals surface area contributed by atoms with Crippen molar-refractivity contribution in [3.05, 3.63) is 64.7 Å². The lowest BCUT2D eigenvalue weighted by Gasteiger charge is -2.05. The summed E-state index contributed by atoms with van der Waals surface area (Å²) in [5, 5.41) is 0. The highest BCUT2D eigenvalue weighted by Crippen LogP contribution is 2.33. The number of carbonyl (C=O) groups excluding carboxylic acids is 1. The molecule has 100 valence electrons. The minimum Gasteiger partial charge on any atom is -0.497 e. The Hall–Kier alpha value is -2.35. The molecule has 2 aromatic carbocycles. The number of benzene rings is 2. The smallest absolute Gasteiger partial charge is 0.159 e. The Morgan fingerprint density at radius 3 is 2.75 bits per heavy atom. The summed E-state index contributed by atoms with van der Waals surface area (Å²) >= 11 is 0. The van der Waals surface area contributed by atoms with Gasteiger partial charge in [-0.1, -0.05) is 30.3 Å². The van der Waals surface area contributed by atoms with Gasteiger partial charge in [-0.25, -0.2) is 0 Å². The molecule has 20 heavy (non-hydrogen) atoms. The first-order valence-corrected chi connectivity index (χ1v) is 6.66. The number of ether oxygens (including phenoxy) is 1. The molecule has 0 N–H and O–H groups in total. The van der Waals surface area contributed by atoms with Crippen LogP contribution in [0.15, 0.2) is 42.5 Å². The van der Waals surface area contributed by atoms with Crippen LogP contribution in [0.3, 0.4) is 0 Å². The average molecular weight is 264 g/mol. The van der Waals surface area contributed by atoms with Crippen LogP contribution in [0.25, 0.3) is 11.6 Å². The van der Waals surface area contributed by atoms with Gasteiger partial charge in [0, 0.05) is 5.56 Å². The Morgan fingerprint density at radius 2 is 2.00 bits per heavy atom. The number of fused-ring (bicyclic) bond motifs is 1. The minimum absolute atomic E-state index is 0.102. The van der Waals surface area contributed by atoms with Crippen molar-refractivity contribution in [1.29, 1.82) is 0 Å². The molecule has 0 radical (unpaired) electrons. The van der Waals surface area contributed by atoms with Crippen LogP contribution in [0.4, 0.5) is 0 Å². The molecule has 0 amide bonds. The third kappa shape index (κ3) is 2.25. The first-order valence-electron chi connectivity index (χ1n) is 6.66. The van der Waals surface area contributed by atoms with Crippen molar-refractivity contribution in [2.75, 3.05) is 7.11 Å². The van der Waals surface area contributed by atoms with E-state index in [1.807, 2.05) is 24.3 Å². The fourth-order valence-corrected chi connectivity index (χ4v) is 2.57. The van der Waals surface area contributed by atoms with Crippen LogP contribution in [0.2, 0.25) is 0 Å². The summed E-state index contributed by atoms with van der Waals surface area (Å²) < 4.78 is 5.26. The molecule has 0 aliphatic heterocycles. The summed E-state index contributed by atoms with van der Waals surface area (Å²) in [7, 11) is 1.68. The SMILES string of the molecule is COc1ccc2c(c1)CC(c1cccc(C(C)=O)c1)=C2. The van der Waals surface area contributed by atoms with E-state index < -0.39 is 0 Å². The van der Waals surface area contributed by atoms with Gasteiger partial charge in [-0.2, -0.15) is 0 Å². The van der Waals surface area contributed by atoms with Gasteiger partial charge in [0.05, 0.1) is 7.11 Å². The average Bonchev–Trinajstić information content (AvgIpc) is 2.90. The predicted octanol–water partition coefficient (Wildman–Crippen LogP) is 3.99. The number of Topliss-reactive ketones (excluding diaryl/α,β-unsaturated/α-hetero) is 1. The zero-order valence-electron chi connectivity index (χ0n) is 11.6. The number of hydrogen-bond donors (Lipinski definition) is 0. The molecule has 0 unspecified atom stereocenters. The van der Waals surface area contributed by atoms with Crippen molar-refractivity contribution < 1.29 is 9.53 Å². The van der Waals surface area contributed by atoms with E-state index in [-0.39, 0.29) is 5.78 Å². The van der Waals surface area contributed by atoms with Gasteiger partial charge in [0.1, 0.15) is 5.75 Å². The van der Waals surface area contributed by atoms with Crippen molar-refractivity contribution in [2.45, 2.75) is 13.3 Å². The van der Waals surface area contributed by atoms with E-state index >= 15 is 0 Å². The second-order valence-electron chi connectivity index (χ2n) is 5.05. The van der Waals surface area contributed by atoms with Gasteiger partial charge in [0.25, 0.3) is 0 Å². The molecule has 2 aromatic rings. The van der Waals surface area contributed by atoms with E-state index in [4.69, 9.17) is 4.74 Å². The van der Waals surface area contributed by atoms with Crippen LogP contribution in [-0.2, 0) is 6.42 Å². The maximum Gasteiger partial charge on any atom is 0.159 e. The van der Waals surface area contributed by atoms with Gasteiger partial charge in [-0.05, 0) is 53.8 Å². The molecule has 0 aromatic heterocycles. The summed E-state index contributed by atoms with van der Waals surface area (Å²) in [6.45, 7) is 1.60. The third-order valence-corrected chi connectivity index (χ3v) is 3.70. The lowest BCUT2D eigenvalue weighted by Crippen LogP contribution is -1.94. The molecule has 0 atom stereocenters. The molecule has 0 saturated carbocycles. The molecule has 2 heteroatoms. The zero-order chi connectivity index (χ0) is 14.1. The summed E-state index contributed by atoms with van der Waals surface area (Å²) in [5.74, 6) is 0.987. The van der Waals surface area contributed by atoms with Gasteiger partial charge in [-0.3, -0.25) is 4.79 Å². The quantitative estimate of drug-likeness (QED) is 0.783. The Bertz CT molecular complexity index is 711. The third-order valence-electron chi connectivity index (χ3n) is 3.70. The lowest BCUT2D eigenvalue weighted by molar-refractivity contribution is 0.101. The predicted molar refractivity (Wildman–Crippen MR) is 81.0 cm³/mol. The number of methoxy groups -OCH3 is 1. The fourth-order valence-electron chi connectivity index (χ4n) is 2.57. The molecule has 0 fully saturated rings. The second kappa shape index (κ2) is 4.97. The highest BCUT2D eigenvalue weighted by atomic mass is 16.5. The second-order valence-corrected chi connectivity index (χ2v) is 5.05. The molecule has 0 bridgehead atoms. The lowest BCUT2D eigenvalue weighted by atomic mass is 10.0. The molecule has 3 rings (SSSR count). The number of ketones is 1. The van der Waals surface area contributed by atoms with Gasteiger partial charge >= 0.3 is 0 Å². The minimum atomic E-state index is 0.102. The van der Waals surface area contributed by atoms with Crippen LogP contribution >= 0.6 is 0 Å². The van der Waals surface area contributed by atoms with Crippen LogP contribution in [0, 0.1) is 0 Å². The number of carbonyl (C=O) groups is 1. The van der Waals surface area contributed by atoms with E-state index in [1.54, 1.807) is 14.0 Å². The van der Waals surface area contributed by atoms with E-state index in [2.05, 4.69) is 24.3 Å². The maximum absolute atomic E-state index is 11.5.